The normalized spacial score (nSPS) is 20.5. The molecular formula is C24H32FN5S. The van der Waals surface area contributed by atoms with Gasteiger partial charge in [0.15, 0.2) is 5.11 Å². The predicted octanol–water partition coefficient (Wildman–Crippen LogP) is 5.10. The summed E-state index contributed by atoms with van der Waals surface area (Å²) in [5, 5.41) is 7.10. The first kappa shape index (κ1) is 21.9. The number of halogens is 1. The Kier molecular flexibility index (Phi) is 6.70. The van der Waals surface area contributed by atoms with E-state index in [0.29, 0.717) is 23.6 Å². The lowest BCUT2D eigenvalue weighted by Gasteiger charge is -2.34. The molecule has 2 aliphatic rings. The third-order valence-electron chi connectivity index (χ3n) is 6.77. The molecule has 1 aromatic carbocycles. The van der Waals surface area contributed by atoms with Gasteiger partial charge in [0.2, 0.25) is 5.95 Å². The first-order valence-corrected chi connectivity index (χ1v) is 11.8. The fourth-order valence-corrected chi connectivity index (χ4v) is 5.17. The van der Waals surface area contributed by atoms with Crippen LogP contribution in [0.2, 0.25) is 0 Å². The average Bonchev–Trinajstić information content (AvgIpc) is 3.23. The molecule has 2 N–H and O–H groups in total. The van der Waals surface area contributed by atoms with E-state index in [1.54, 1.807) is 12.1 Å². The molecule has 1 aromatic heterocycles. The van der Waals surface area contributed by atoms with Crippen molar-refractivity contribution in [1.82, 2.24) is 15.3 Å². The number of benzene rings is 1. The van der Waals surface area contributed by atoms with Crippen LogP contribution in [0.5, 0.6) is 0 Å². The summed E-state index contributed by atoms with van der Waals surface area (Å²) >= 11 is 5.58. The van der Waals surface area contributed by atoms with Gasteiger partial charge >= 0.3 is 0 Å². The molecule has 1 saturated heterocycles. The fourth-order valence-electron chi connectivity index (χ4n) is 5.01. The summed E-state index contributed by atoms with van der Waals surface area (Å²) in [4.78, 5) is 11.7. The number of hydrogen-bond donors (Lipinski definition) is 2. The van der Waals surface area contributed by atoms with E-state index in [4.69, 9.17) is 17.2 Å². The molecule has 2 aromatic rings. The number of thiocarbonyl (C=S) groups is 1. The van der Waals surface area contributed by atoms with Crippen LogP contribution in [0.25, 0.3) is 0 Å². The van der Waals surface area contributed by atoms with Crippen LogP contribution in [0.4, 0.5) is 16.2 Å². The van der Waals surface area contributed by atoms with Crippen molar-refractivity contribution in [2.45, 2.75) is 70.3 Å². The van der Waals surface area contributed by atoms with Crippen molar-refractivity contribution in [3.63, 3.8) is 0 Å². The van der Waals surface area contributed by atoms with Crippen molar-refractivity contribution in [2.24, 2.45) is 0 Å². The monoisotopic (exact) mass is 441 g/mol. The van der Waals surface area contributed by atoms with E-state index in [1.165, 1.54) is 37.7 Å². The minimum Gasteiger partial charge on any atom is -0.361 e. The van der Waals surface area contributed by atoms with Crippen LogP contribution in [0.15, 0.2) is 30.3 Å². The lowest BCUT2D eigenvalue weighted by molar-refractivity contribution is 0.434. The predicted molar refractivity (Wildman–Crippen MR) is 128 cm³/mol. The van der Waals surface area contributed by atoms with Crippen molar-refractivity contribution in [1.29, 1.82) is 0 Å². The van der Waals surface area contributed by atoms with Gasteiger partial charge in [0, 0.05) is 36.3 Å². The Balaban J connectivity index is 1.43. The lowest BCUT2D eigenvalue weighted by atomic mass is 9.79. The molecule has 0 unspecified atom stereocenters. The summed E-state index contributed by atoms with van der Waals surface area (Å²) in [7, 11) is 0. The highest BCUT2D eigenvalue weighted by molar-refractivity contribution is 7.80. The highest BCUT2D eigenvalue weighted by Crippen LogP contribution is 2.40. The van der Waals surface area contributed by atoms with Crippen molar-refractivity contribution >= 4 is 29.1 Å². The molecule has 1 saturated carbocycles. The first-order chi connectivity index (χ1) is 14.9. The number of rotatable bonds is 5. The second-order valence-electron chi connectivity index (χ2n) is 9.03. The van der Waals surface area contributed by atoms with Crippen molar-refractivity contribution in [2.75, 3.05) is 23.3 Å². The second-order valence-corrected chi connectivity index (χ2v) is 9.44. The van der Waals surface area contributed by atoms with Crippen LogP contribution in [0.1, 0.15) is 63.1 Å². The number of nitrogens with zero attached hydrogens (tertiary/aromatic N) is 3. The zero-order valence-electron chi connectivity index (χ0n) is 18.5. The Bertz CT molecular complexity index is 911. The van der Waals surface area contributed by atoms with Gasteiger partial charge in [-0.2, -0.15) is 4.98 Å². The van der Waals surface area contributed by atoms with Gasteiger partial charge in [-0.1, -0.05) is 25.0 Å². The van der Waals surface area contributed by atoms with Gasteiger partial charge < -0.3 is 15.5 Å². The molecule has 1 aliphatic heterocycles. The molecule has 166 valence electrons. The highest BCUT2D eigenvalue weighted by atomic mass is 32.1. The summed E-state index contributed by atoms with van der Waals surface area (Å²) in [5.41, 5.74) is 2.09. The molecule has 7 heteroatoms. The van der Waals surface area contributed by atoms with Crippen LogP contribution < -0.4 is 15.5 Å². The molecular weight excluding hydrogens is 409 g/mol. The molecule has 5 nitrogen and oxygen atoms in total. The van der Waals surface area contributed by atoms with Gasteiger partial charge in [-0.15, -0.1) is 0 Å². The topological polar surface area (TPSA) is 53.1 Å². The Labute approximate surface area is 189 Å². The minimum absolute atomic E-state index is 0.0126. The Morgan fingerprint density at radius 1 is 1.16 bits per heavy atom. The van der Waals surface area contributed by atoms with Gasteiger partial charge in [-0.05, 0) is 75.9 Å². The van der Waals surface area contributed by atoms with Crippen molar-refractivity contribution in [3.05, 3.63) is 47.4 Å². The molecule has 4 rings (SSSR count). The summed E-state index contributed by atoms with van der Waals surface area (Å²) in [6, 6.07) is 9.46. The van der Waals surface area contributed by atoms with E-state index >= 15 is 0 Å². The van der Waals surface area contributed by atoms with E-state index in [0.717, 1.165) is 30.9 Å². The lowest BCUT2D eigenvalue weighted by Crippen LogP contribution is -2.41. The van der Waals surface area contributed by atoms with Crippen LogP contribution in [0, 0.1) is 12.7 Å². The Morgan fingerprint density at radius 3 is 2.61 bits per heavy atom. The molecule has 0 radical (unpaired) electrons. The maximum atomic E-state index is 13.4. The zero-order valence-corrected chi connectivity index (χ0v) is 19.3. The number of piperidine rings is 1. The SMILES string of the molecule is Cc1cc(N2CCCC[C@@H]2C)nc(NC(=S)NCC2(c3ccc(F)cc3)CCCC2)n1. The Hall–Kier alpha value is -2.28. The van der Waals surface area contributed by atoms with E-state index in [1.807, 2.05) is 25.1 Å². The van der Waals surface area contributed by atoms with Gasteiger partial charge in [0.25, 0.3) is 0 Å². The quantitative estimate of drug-likeness (QED) is 0.630. The molecule has 0 spiro atoms. The van der Waals surface area contributed by atoms with E-state index < -0.39 is 0 Å². The fraction of sp³-hybridized carbons (Fsp3) is 0.542. The summed E-state index contributed by atoms with van der Waals surface area (Å²) in [6.45, 7) is 5.99. The molecule has 1 aliphatic carbocycles. The van der Waals surface area contributed by atoms with Crippen LogP contribution >= 0.6 is 12.2 Å². The summed E-state index contributed by atoms with van der Waals surface area (Å²) in [5.74, 6) is 1.30. The number of anilines is 2. The molecule has 1 atom stereocenters. The van der Waals surface area contributed by atoms with E-state index in [-0.39, 0.29) is 11.2 Å². The van der Waals surface area contributed by atoms with Crippen molar-refractivity contribution in [3.8, 4) is 0 Å². The number of aromatic nitrogens is 2. The number of nitrogens with one attached hydrogen (secondary N) is 2. The van der Waals surface area contributed by atoms with Crippen molar-refractivity contribution < 1.29 is 4.39 Å². The smallest absolute Gasteiger partial charge is 0.231 e. The average molecular weight is 442 g/mol. The Morgan fingerprint density at radius 2 is 1.90 bits per heavy atom. The van der Waals surface area contributed by atoms with Gasteiger partial charge in [-0.25, -0.2) is 9.37 Å². The minimum atomic E-state index is -0.197. The maximum absolute atomic E-state index is 13.4. The second kappa shape index (κ2) is 9.47. The molecule has 0 amide bonds. The third kappa shape index (κ3) is 5.14. The standard InChI is InChI=1S/C24H32FN5S/c1-17-15-21(30-14-6-3-7-18(30)2)28-22(27-17)29-23(31)26-16-24(12-4-5-13-24)19-8-10-20(25)11-9-19/h8-11,15,18H,3-7,12-14,16H2,1-2H3,(H2,26,27,28,29,31)/t18-/m0/s1. The zero-order chi connectivity index (χ0) is 21.8. The molecule has 0 bridgehead atoms. The molecule has 31 heavy (non-hydrogen) atoms. The number of aryl methyl sites for hydroxylation is 1. The maximum Gasteiger partial charge on any atom is 0.231 e. The van der Waals surface area contributed by atoms with Gasteiger partial charge in [0.05, 0.1) is 0 Å². The van der Waals surface area contributed by atoms with Gasteiger partial charge in [0.1, 0.15) is 11.6 Å². The van der Waals surface area contributed by atoms with E-state index in [2.05, 4.69) is 27.4 Å². The van der Waals surface area contributed by atoms with Crippen LogP contribution in [0.3, 0.4) is 0 Å². The third-order valence-corrected chi connectivity index (χ3v) is 7.01. The van der Waals surface area contributed by atoms with Gasteiger partial charge in [-0.3, -0.25) is 0 Å². The first-order valence-electron chi connectivity index (χ1n) is 11.4. The van der Waals surface area contributed by atoms with E-state index in [9.17, 15) is 4.39 Å². The van der Waals surface area contributed by atoms with Crippen LogP contribution in [-0.2, 0) is 5.41 Å². The molecule has 2 fully saturated rings. The van der Waals surface area contributed by atoms with Crippen LogP contribution in [-0.4, -0.2) is 34.2 Å². The largest absolute Gasteiger partial charge is 0.361 e. The summed E-state index contributed by atoms with van der Waals surface area (Å²) < 4.78 is 13.4. The summed E-state index contributed by atoms with van der Waals surface area (Å²) in [6.07, 6.45) is 8.17. The highest BCUT2D eigenvalue weighted by Gasteiger charge is 2.35. The number of hydrogen-bond acceptors (Lipinski definition) is 4. The molecule has 2 heterocycles.